The molecule has 1 saturated heterocycles. The second kappa shape index (κ2) is 7.83. The molecule has 4 rings (SSSR count). The molecule has 1 N–H and O–H groups in total. The quantitative estimate of drug-likeness (QED) is 0.853. The lowest BCUT2D eigenvalue weighted by atomic mass is 10.0. The first-order valence-electron chi connectivity index (χ1n) is 9.90. The van der Waals surface area contributed by atoms with Crippen molar-refractivity contribution in [3.8, 4) is 11.5 Å². The van der Waals surface area contributed by atoms with Gasteiger partial charge in [-0.15, -0.1) is 0 Å². The average Bonchev–Trinajstić information content (AvgIpc) is 3.21. The van der Waals surface area contributed by atoms with Crippen LogP contribution in [0.5, 0.6) is 11.5 Å². The van der Waals surface area contributed by atoms with E-state index in [1.54, 1.807) is 14.2 Å². The second-order valence-corrected chi connectivity index (χ2v) is 7.57. The number of hydrogen-bond donors (Lipinski definition) is 1. The summed E-state index contributed by atoms with van der Waals surface area (Å²) in [6.07, 6.45) is 3.14. The number of fused-ring (bicyclic) bond motifs is 1. The van der Waals surface area contributed by atoms with Gasteiger partial charge >= 0.3 is 0 Å². The Morgan fingerprint density at radius 3 is 2.57 bits per heavy atom. The lowest BCUT2D eigenvalue weighted by molar-refractivity contribution is 0.236. The number of benzene rings is 1. The summed E-state index contributed by atoms with van der Waals surface area (Å²) in [4.78, 5) is 24.2. The molecule has 1 aromatic carbocycles. The molecule has 0 saturated carbocycles. The zero-order valence-electron chi connectivity index (χ0n) is 16.9. The monoisotopic (exact) mass is 384 g/mol. The standard InChI is InChI=1S/C21H28N4O3/c1-14-22-17-13-24(9-6-16(17)21(26)23-14)12-15-10-20(28-3)18(11-19(15)27-2)25-7-4-5-8-25/h10-11H,4-9,12-13H2,1-3H3,(H,22,23,26). The number of aromatic nitrogens is 2. The van der Waals surface area contributed by atoms with Gasteiger partial charge in [-0.2, -0.15) is 0 Å². The van der Waals surface area contributed by atoms with Crippen LogP contribution in [-0.4, -0.2) is 48.7 Å². The number of rotatable bonds is 5. The smallest absolute Gasteiger partial charge is 0.254 e. The fourth-order valence-corrected chi connectivity index (χ4v) is 4.27. The van der Waals surface area contributed by atoms with Gasteiger partial charge in [-0.25, -0.2) is 4.98 Å². The van der Waals surface area contributed by atoms with Crippen LogP contribution < -0.4 is 19.9 Å². The predicted molar refractivity (Wildman–Crippen MR) is 108 cm³/mol. The van der Waals surface area contributed by atoms with Crippen molar-refractivity contribution >= 4 is 5.69 Å². The fraction of sp³-hybridized carbons (Fsp3) is 0.524. The van der Waals surface area contributed by atoms with E-state index in [-0.39, 0.29) is 5.56 Å². The van der Waals surface area contributed by atoms with E-state index in [9.17, 15) is 4.79 Å². The highest BCUT2D eigenvalue weighted by molar-refractivity contribution is 5.64. The number of anilines is 1. The Bertz CT molecular complexity index is 919. The highest BCUT2D eigenvalue weighted by Crippen LogP contribution is 2.37. The van der Waals surface area contributed by atoms with Gasteiger partial charge in [-0.3, -0.25) is 9.69 Å². The largest absolute Gasteiger partial charge is 0.496 e. The van der Waals surface area contributed by atoms with Gasteiger partial charge < -0.3 is 19.4 Å². The molecule has 28 heavy (non-hydrogen) atoms. The van der Waals surface area contributed by atoms with E-state index in [2.05, 4.69) is 31.9 Å². The molecule has 3 heterocycles. The maximum atomic E-state index is 12.1. The summed E-state index contributed by atoms with van der Waals surface area (Å²) >= 11 is 0. The number of hydrogen-bond acceptors (Lipinski definition) is 6. The zero-order valence-corrected chi connectivity index (χ0v) is 16.9. The summed E-state index contributed by atoms with van der Waals surface area (Å²) in [5.74, 6) is 2.43. The Kier molecular flexibility index (Phi) is 5.26. The highest BCUT2D eigenvalue weighted by Gasteiger charge is 2.24. The summed E-state index contributed by atoms with van der Waals surface area (Å²) in [6, 6.07) is 4.20. The average molecular weight is 384 g/mol. The Morgan fingerprint density at radius 1 is 1.11 bits per heavy atom. The van der Waals surface area contributed by atoms with Gasteiger partial charge in [-0.1, -0.05) is 0 Å². The number of methoxy groups -OCH3 is 2. The van der Waals surface area contributed by atoms with Crippen LogP contribution in [0.4, 0.5) is 5.69 Å². The minimum Gasteiger partial charge on any atom is -0.496 e. The number of nitrogens with zero attached hydrogens (tertiary/aromatic N) is 3. The van der Waals surface area contributed by atoms with Crippen LogP contribution in [0.1, 0.15) is 35.5 Å². The van der Waals surface area contributed by atoms with Crippen LogP contribution in [0.2, 0.25) is 0 Å². The van der Waals surface area contributed by atoms with Crippen molar-refractivity contribution in [3.05, 3.63) is 45.1 Å². The van der Waals surface area contributed by atoms with Gasteiger partial charge in [0, 0.05) is 49.9 Å². The predicted octanol–water partition coefficient (Wildman–Crippen LogP) is 2.25. The molecular weight excluding hydrogens is 356 g/mol. The van der Waals surface area contributed by atoms with Crippen molar-refractivity contribution in [2.45, 2.75) is 39.3 Å². The molecule has 0 amide bonds. The Labute approximate surface area is 165 Å². The van der Waals surface area contributed by atoms with Crippen molar-refractivity contribution in [2.24, 2.45) is 0 Å². The van der Waals surface area contributed by atoms with Gasteiger partial charge in [0.2, 0.25) is 0 Å². The molecular formula is C21H28N4O3. The number of aromatic amines is 1. The molecule has 150 valence electrons. The van der Waals surface area contributed by atoms with Crippen molar-refractivity contribution < 1.29 is 9.47 Å². The third-order valence-corrected chi connectivity index (χ3v) is 5.69. The minimum absolute atomic E-state index is 0.00336. The zero-order chi connectivity index (χ0) is 19.7. The Balaban J connectivity index is 1.60. The second-order valence-electron chi connectivity index (χ2n) is 7.57. The molecule has 1 fully saturated rings. The maximum absolute atomic E-state index is 12.1. The third-order valence-electron chi connectivity index (χ3n) is 5.69. The molecule has 2 aromatic rings. The van der Waals surface area contributed by atoms with E-state index >= 15 is 0 Å². The molecule has 0 radical (unpaired) electrons. The number of nitrogens with one attached hydrogen (secondary N) is 1. The van der Waals surface area contributed by atoms with E-state index in [4.69, 9.17) is 9.47 Å². The molecule has 0 unspecified atom stereocenters. The van der Waals surface area contributed by atoms with Gasteiger partial charge in [0.05, 0.1) is 25.6 Å². The highest BCUT2D eigenvalue weighted by atomic mass is 16.5. The molecule has 7 heteroatoms. The van der Waals surface area contributed by atoms with Gasteiger partial charge in [0.25, 0.3) is 5.56 Å². The summed E-state index contributed by atoms with van der Waals surface area (Å²) in [6.45, 7) is 6.15. The molecule has 2 aliphatic rings. The van der Waals surface area contributed by atoms with Crippen molar-refractivity contribution in [1.82, 2.24) is 14.9 Å². The van der Waals surface area contributed by atoms with Gasteiger partial charge in [-0.05, 0) is 32.3 Å². The normalized spacial score (nSPS) is 16.9. The molecule has 0 spiro atoms. The van der Waals surface area contributed by atoms with E-state index in [0.717, 1.165) is 60.2 Å². The number of ether oxygens (including phenoxy) is 2. The van der Waals surface area contributed by atoms with E-state index in [1.165, 1.54) is 12.8 Å². The molecule has 0 atom stereocenters. The third kappa shape index (κ3) is 3.58. The number of aryl methyl sites for hydroxylation is 1. The summed E-state index contributed by atoms with van der Waals surface area (Å²) in [7, 11) is 3.44. The Hall–Kier alpha value is -2.54. The van der Waals surface area contributed by atoms with E-state index < -0.39 is 0 Å². The van der Waals surface area contributed by atoms with Crippen molar-refractivity contribution in [3.63, 3.8) is 0 Å². The molecule has 0 aliphatic carbocycles. The van der Waals surface area contributed by atoms with Gasteiger partial charge in [0.15, 0.2) is 0 Å². The topological polar surface area (TPSA) is 70.7 Å². The first kappa shape index (κ1) is 18.8. The molecule has 7 nitrogen and oxygen atoms in total. The minimum atomic E-state index is -0.00336. The van der Waals surface area contributed by atoms with Crippen molar-refractivity contribution in [2.75, 3.05) is 38.8 Å². The van der Waals surface area contributed by atoms with Crippen LogP contribution in [0.3, 0.4) is 0 Å². The molecule has 2 aliphatic heterocycles. The first-order valence-corrected chi connectivity index (χ1v) is 9.90. The fourth-order valence-electron chi connectivity index (χ4n) is 4.27. The Morgan fingerprint density at radius 2 is 1.86 bits per heavy atom. The van der Waals surface area contributed by atoms with Crippen LogP contribution in [0.25, 0.3) is 0 Å². The lowest BCUT2D eigenvalue weighted by Crippen LogP contribution is -2.35. The van der Waals surface area contributed by atoms with Crippen LogP contribution >= 0.6 is 0 Å². The van der Waals surface area contributed by atoms with Gasteiger partial charge in [0.1, 0.15) is 17.3 Å². The maximum Gasteiger partial charge on any atom is 0.254 e. The van der Waals surface area contributed by atoms with Crippen LogP contribution in [0.15, 0.2) is 16.9 Å². The summed E-state index contributed by atoms with van der Waals surface area (Å²) in [5, 5.41) is 0. The summed E-state index contributed by atoms with van der Waals surface area (Å²) in [5.41, 5.74) is 3.89. The van der Waals surface area contributed by atoms with Crippen LogP contribution in [0, 0.1) is 6.92 Å². The van der Waals surface area contributed by atoms with Crippen molar-refractivity contribution in [1.29, 1.82) is 0 Å². The lowest BCUT2D eigenvalue weighted by Gasteiger charge is -2.29. The van der Waals surface area contributed by atoms with Crippen LogP contribution in [-0.2, 0) is 19.5 Å². The molecule has 0 bridgehead atoms. The number of H-pyrrole nitrogens is 1. The molecule has 1 aromatic heterocycles. The SMILES string of the molecule is COc1cc(N2CCCC2)c(OC)cc1CN1CCc2c(nc(C)[nH]c2=O)C1. The van der Waals surface area contributed by atoms with E-state index in [0.29, 0.717) is 18.8 Å². The van der Waals surface area contributed by atoms with E-state index in [1.807, 2.05) is 6.92 Å². The first-order chi connectivity index (χ1) is 13.6. The summed E-state index contributed by atoms with van der Waals surface area (Å²) < 4.78 is 11.4.